The zero-order valence-electron chi connectivity index (χ0n) is 11.2. The van der Waals surface area contributed by atoms with E-state index in [1.807, 2.05) is 13.8 Å². The Morgan fingerprint density at radius 2 is 1.61 bits per heavy atom. The maximum Gasteiger partial charge on any atom is 0.191 e. The first-order valence-electron chi connectivity index (χ1n) is 6.37. The highest BCUT2D eigenvalue weighted by Crippen LogP contribution is 2.75. The van der Waals surface area contributed by atoms with Crippen molar-refractivity contribution < 1.29 is 20.1 Å². The molecule has 0 amide bonds. The molecular weight excluding hydrogens is 232 g/mol. The van der Waals surface area contributed by atoms with Crippen LogP contribution in [0.1, 0.15) is 40.5 Å². The van der Waals surface area contributed by atoms with Crippen molar-refractivity contribution >= 4 is 5.78 Å². The first-order chi connectivity index (χ1) is 7.96. The summed E-state index contributed by atoms with van der Waals surface area (Å²) in [6.07, 6.45) is 1.91. The molecule has 0 saturated heterocycles. The molecule has 18 heavy (non-hydrogen) atoms. The Balaban J connectivity index is 2.35. The van der Waals surface area contributed by atoms with E-state index in [1.54, 1.807) is 13.8 Å². The number of hydrogen-bond acceptors (Lipinski definition) is 4. The summed E-state index contributed by atoms with van der Waals surface area (Å²) in [5.74, 6) is -0.478. The van der Waals surface area contributed by atoms with Gasteiger partial charge in [-0.2, -0.15) is 0 Å². The number of carbonyl (C=O) groups excluding carboxylic acids is 1. The Bertz CT molecular complexity index is 508. The Hall–Kier alpha value is -0.710. The second-order valence-electron chi connectivity index (χ2n) is 7.21. The van der Waals surface area contributed by atoms with Crippen molar-refractivity contribution in [2.24, 2.45) is 10.8 Å². The van der Waals surface area contributed by atoms with E-state index in [2.05, 4.69) is 0 Å². The lowest BCUT2D eigenvalue weighted by Crippen LogP contribution is -2.71. The molecule has 4 nitrogen and oxygen atoms in total. The number of rotatable bonds is 0. The molecule has 0 radical (unpaired) electrons. The van der Waals surface area contributed by atoms with E-state index < -0.39 is 33.4 Å². The van der Waals surface area contributed by atoms with Gasteiger partial charge in [0.25, 0.3) is 0 Å². The van der Waals surface area contributed by atoms with Gasteiger partial charge >= 0.3 is 0 Å². The molecule has 100 valence electrons. The molecule has 0 aromatic rings. The predicted octanol–water partition coefficient (Wildman–Crippen LogP) is 0.549. The summed E-state index contributed by atoms with van der Waals surface area (Å²) in [7, 11) is 0. The molecule has 4 heteroatoms. The van der Waals surface area contributed by atoms with Crippen LogP contribution in [-0.4, -0.2) is 37.9 Å². The van der Waals surface area contributed by atoms with Gasteiger partial charge in [0.15, 0.2) is 17.0 Å². The highest BCUT2D eigenvalue weighted by molar-refractivity contribution is 6.04. The fourth-order valence-electron chi connectivity index (χ4n) is 4.93. The van der Waals surface area contributed by atoms with E-state index >= 15 is 0 Å². The van der Waals surface area contributed by atoms with Crippen LogP contribution in [0.25, 0.3) is 0 Å². The van der Waals surface area contributed by atoms with Gasteiger partial charge in [0.2, 0.25) is 0 Å². The van der Waals surface area contributed by atoms with Crippen LogP contribution in [-0.2, 0) is 4.79 Å². The van der Waals surface area contributed by atoms with Crippen molar-refractivity contribution in [2.45, 2.75) is 57.3 Å². The van der Waals surface area contributed by atoms with Crippen molar-refractivity contribution in [2.75, 3.05) is 0 Å². The van der Waals surface area contributed by atoms with E-state index in [9.17, 15) is 20.1 Å². The smallest absolute Gasteiger partial charge is 0.191 e. The highest BCUT2D eigenvalue weighted by atomic mass is 16.4. The predicted molar refractivity (Wildman–Crippen MR) is 64.7 cm³/mol. The maximum absolute atomic E-state index is 12.2. The summed E-state index contributed by atoms with van der Waals surface area (Å²) in [6.45, 7) is 7.27. The molecule has 3 N–H and O–H groups in total. The summed E-state index contributed by atoms with van der Waals surface area (Å²) in [5.41, 5.74) is -6.02. The summed E-state index contributed by atoms with van der Waals surface area (Å²) >= 11 is 0. The van der Waals surface area contributed by atoms with Crippen molar-refractivity contribution in [3.8, 4) is 0 Å². The first-order valence-corrected chi connectivity index (χ1v) is 6.37. The van der Waals surface area contributed by atoms with E-state index in [1.165, 1.54) is 6.08 Å². The monoisotopic (exact) mass is 252 g/mol. The Morgan fingerprint density at radius 3 is 2.17 bits per heavy atom. The Morgan fingerprint density at radius 1 is 1.06 bits per heavy atom. The second-order valence-corrected chi connectivity index (χ2v) is 7.21. The first kappa shape index (κ1) is 12.3. The van der Waals surface area contributed by atoms with Crippen LogP contribution >= 0.6 is 0 Å². The number of ketones is 1. The van der Waals surface area contributed by atoms with Crippen molar-refractivity contribution in [1.82, 2.24) is 0 Å². The van der Waals surface area contributed by atoms with Gasteiger partial charge in [-0.3, -0.25) is 4.79 Å². The third kappa shape index (κ3) is 0.779. The average molecular weight is 252 g/mol. The third-order valence-electron chi connectivity index (χ3n) is 6.14. The molecule has 2 saturated carbocycles. The van der Waals surface area contributed by atoms with E-state index in [0.29, 0.717) is 12.0 Å². The number of carbonyl (C=O) groups is 1. The fourth-order valence-corrected chi connectivity index (χ4v) is 4.93. The molecule has 0 aromatic carbocycles. The highest BCUT2D eigenvalue weighted by Gasteiger charge is 2.87. The van der Waals surface area contributed by atoms with Crippen LogP contribution < -0.4 is 0 Å². The standard InChI is InChI=1S/C14H20O4/c1-8-5-9(15)14(18)11(4)7-12(16,13(8,14)17)6-10(11,2)3/h5,16-18H,6-7H2,1-4H3/t11-,12+,13-,14+/m0/s1. The molecule has 3 aliphatic carbocycles. The summed E-state index contributed by atoms with van der Waals surface area (Å²) < 4.78 is 0. The van der Waals surface area contributed by atoms with E-state index in [-0.39, 0.29) is 6.42 Å². The van der Waals surface area contributed by atoms with Gasteiger partial charge < -0.3 is 15.3 Å². The normalized spacial score (nSPS) is 56.8. The number of aliphatic hydroxyl groups is 3. The largest absolute Gasteiger partial charge is 0.386 e. The van der Waals surface area contributed by atoms with Gasteiger partial charge in [-0.1, -0.05) is 20.8 Å². The molecule has 4 atom stereocenters. The summed E-state index contributed by atoms with van der Waals surface area (Å²) in [5, 5.41) is 32.7. The van der Waals surface area contributed by atoms with Gasteiger partial charge in [0.1, 0.15) is 5.60 Å². The minimum atomic E-state index is -1.90. The molecule has 3 aliphatic rings. The quantitative estimate of drug-likeness (QED) is 0.588. The lowest BCUT2D eigenvalue weighted by atomic mass is 9.53. The second kappa shape index (κ2) is 2.60. The van der Waals surface area contributed by atoms with Gasteiger partial charge in [0.05, 0.1) is 0 Å². The summed E-state index contributed by atoms with van der Waals surface area (Å²) in [6, 6.07) is 0. The van der Waals surface area contributed by atoms with Crippen LogP contribution in [0.5, 0.6) is 0 Å². The van der Waals surface area contributed by atoms with E-state index in [0.717, 1.165) is 0 Å². The van der Waals surface area contributed by atoms with Gasteiger partial charge in [0, 0.05) is 5.41 Å². The molecule has 2 bridgehead atoms. The number of fused-ring (bicyclic) bond motifs is 5. The SMILES string of the molecule is CC1=CC(=O)[C@]2(O)[C@@]1(O)[C@@]1(O)CC(C)(C)[C@]2(C)C1. The van der Waals surface area contributed by atoms with Crippen LogP contribution in [0.2, 0.25) is 0 Å². The van der Waals surface area contributed by atoms with Crippen LogP contribution in [0, 0.1) is 10.8 Å². The van der Waals surface area contributed by atoms with Crippen molar-refractivity contribution in [3.63, 3.8) is 0 Å². The molecule has 0 spiro atoms. The molecule has 3 rings (SSSR count). The molecule has 0 heterocycles. The minimum absolute atomic E-state index is 0.247. The van der Waals surface area contributed by atoms with Crippen LogP contribution in [0.15, 0.2) is 11.6 Å². The molecular formula is C14H20O4. The Kier molecular flexibility index (Phi) is 1.78. The zero-order valence-corrected chi connectivity index (χ0v) is 11.2. The molecule has 0 aromatic heterocycles. The Labute approximate surface area is 106 Å². The van der Waals surface area contributed by atoms with Crippen LogP contribution in [0.3, 0.4) is 0 Å². The van der Waals surface area contributed by atoms with E-state index in [4.69, 9.17) is 0 Å². The summed E-state index contributed by atoms with van der Waals surface area (Å²) in [4.78, 5) is 12.2. The van der Waals surface area contributed by atoms with Gasteiger partial charge in [-0.15, -0.1) is 0 Å². The minimum Gasteiger partial charge on any atom is -0.386 e. The fraction of sp³-hybridized carbons (Fsp3) is 0.786. The molecule has 0 unspecified atom stereocenters. The number of hydrogen-bond donors (Lipinski definition) is 3. The van der Waals surface area contributed by atoms with Crippen molar-refractivity contribution in [3.05, 3.63) is 11.6 Å². The average Bonchev–Trinajstić information content (AvgIpc) is 2.58. The van der Waals surface area contributed by atoms with Crippen LogP contribution in [0.4, 0.5) is 0 Å². The third-order valence-corrected chi connectivity index (χ3v) is 6.14. The lowest BCUT2D eigenvalue weighted by Gasteiger charge is -2.55. The zero-order chi connectivity index (χ0) is 13.8. The lowest BCUT2D eigenvalue weighted by molar-refractivity contribution is -0.237. The molecule has 2 fully saturated rings. The maximum atomic E-state index is 12.2. The van der Waals surface area contributed by atoms with Gasteiger partial charge in [-0.25, -0.2) is 0 Å². The molecule has 0 aliphatic heterocycles. The van der Waals surface area contributed by atoms with Gasteiger partial charge in [-0.05, 0) is 36.8 Å². The topological polar surface area (TPSA) is 77.8 Å². The van der Waals surface area contributed by atoms with Crippen molar-refractivity contribution in [1.29, 1.82) is 0 Å².